The van der Waals surface area contributed by atoms with E-state index in [1.54, 1.807) is 0 Å². The summed E-state index contributed by atoms with van der Waals surface area (Å²) in [5.41, 5.74) is 3.91. The van der Waals surface area contributed by atoms with E-state index in [-0.39, 0.29) is 29.0 Å². The molecule has 0 bridgehead atoms. The standard InChI is InChI=1S/C20H26O3/c1-6-20(5)10-14-12(2)13-8-7-9-19(3,4)16(13)17(22)18(14)23-15(21)11-20/h6,22H,1,7-11H2,2-5H3/t20-/m0/s1. The van der Waals surface area contributed by atoms with Crippen molar-refractivity contribution in [1.29, 1.82) is 0 Å². The number of hydrogen-bond acceptors (Lipinski definition) is 3. The maximum Gasteiger partial charge on any atom is 0.312 e. The highest BCUT2D eigenvalue weighted by Crippen LogP contribution is 2.51. The van der Waals surface area contributed by atoms with Crippen molar-refractivity contribution in [2.45, 2.75) is 65.2 Å². The Morgan fingerprint density at radius 2 is 1.91 bits per heavy atom. The maximum absolute atomic E-state index is 12.2. The Kier molecular flexibility index (Phi) is 3.58. The number of phenols is 1. The van der Waals surface area contributed by atoms with E-state index in [1.807, 2.05) is 13.0 Å². The Morgan fingerprint density at radius 1 is 1.22 bits per heavy atom. The van der Waals surface area contributed by atoms with Crippen LogP contribution in [0.25, 0.3) is 0 Å². The van der Waals surface area contributed by atoms with E-state index in [1.165, 1.54) is 11.1 Å². The second kappa shape index (κ2) is 5.12. The van der Waals surface area contributed by atoms with Crippen LogP contribution in [0.3, 0.4) is 0 Å². The maximum atomic E-state index is 12.2. The number of carbonyl (C=O) groups excluding carboxylic acids is 1. The number of esters is 1. The second-order valence-electron chi connectivity index (χ2n) is 8.06. The molecular formula is C20H26O3. The third-order valence-electron chi connectivity index (χ3n) is 5.68. The van der Waals surface area contributed by atoms with Gasteiger partial charge in [-0.3, -0.25) is 4.79 Å². The number of rotatable bonds is 1. The van der Waals surface area contributed by atoms with Crippen molar-refractivity contribution >= 4 is 5.97 Å². The van der Waals surface area contributed by atoms with Crippen LogP contribution in [0.1, 0.15) is 62.3 Å². The lowest BCUT2D eigenvalue weighted by atomic mass is 9.69. The molecule has 1 aliphatic carbocycles. The first-order valence-electron chi connectivity index (χ1n) is 8.40. The number of fused-ring (bicyclic) bond motifs is 2. The lowest BCUT2D eigenvalue weighted by Crippen LogP contribution is -2.26. The number of phenolic OH excluding ortho intramolecular Hbond substituents is 1. The van der Waals surface area contributed by atoms with Gasteiger partial charge in [-0.05, 0) is 54.6 Å². The average Bonchev–Trinajstić information content (AvgIpc) is 2.60. The zero-order valence-electron chi connectivity index (χ0n) is 14.6. The SMILES string of the molecule is C=C[C@]1(C)CC(=O)Oc2c(O)c3c(c(C)c2C1)CCCC3(C)C. The molecule has 0 saturated carbocycles. The molecule has 1 aromatic carbocycles. The Balaban J connectivity index is 2.29. The van der Waals surface area contributed by atoms with E-state index in [0.717, 1.165) is 30.4 Å². The molecule has 1 aliphatic heterocycles. The summed E-state index contributed by atoms with van der Waals surface area (Å²) in [5.74, 6) is 0.258. The largest absolute Gasteiger partial charge is 0.504 e. The monoisotopic (exact) mass is 314 g/mol. The van der Waals surface area contributed by atoms with Gasteiger partial charge in [0.25, 0.3) is 0 Å². The number of hydrogen-bond donors (Lipinski definition) is 1. The summed E-state index contributed by atoms with van der Waals surface area (Å²) in [4.78, 5) is 12.2. The first-order valence-corrected chi connectivity index (χ1v) is 8.40. The third kappa shape index (κ3) is 2.46. The van der Waals surface area contributed by atoms with Crippen molar-refractivity contribution in [3.05, 3.63) is 34.9 Å². The van der Waals surface area contributed by atoms with Crippen LogP contribution in [0.15, 0.2) is 12.7 Å². The molecule has 3 nitrogen and oxygen atoms in total. The highest BCUT2D eigenvalue weighted by molar-refractivity contribution is 5.78. The van der Waals surface area contributed by atoms with Crippen molar-refractivity contribution in [3.8, 4) is 11.5 Å². The molecule has 3 heteroatoms. The van der Waals surface area contributed by atoms with Crippen molar-refractivity contribution in [1.82, 2.24) is 0 Å². The molecule has 1 N–H and O–H groups in total. The molecule has 0 radical (unpaired) electrons. The van der Waals surface area contributed by atoms with Gasteiger partial charge in [0.05, 0.1) is 6.42 Å². The van der Waals surface area contributed by atoms with Crippen LogP contribution in [-0.4, -0.2) is 11.1 Å². The van der Waals surface area contributed by atoms with Gasteiger partial charge in [-0.25, -0.2) is 0 Å². The van der Waals surface area contributed by atoms with E-state index in [4.69, 9.17) is 4.74 Å². The zero-order valence-corrected chi connectivity index (χ0v) is 14.6. The number of aromatic hydroxyl groups is 1. The lowest BCUT2D eigenvalue weighted by Gasteiger charge is -2.36. The van der Waals surface area contributed by atoms with Crippen molar-refractivity contribution in [2.24, 2.45) is 5.41 Å². The number of benzene rings is 1. The highest BCUT2D eigenvalue weighted by Gasteiger charge is 2.39. The summed E-state index contributed by atoms with van der Waals surface area (Å²) in [6.07, 6.45) is 5.93. The van der Waals surface area contributed by atoms with Crippen LogP contribution in [0.2, 0.25) is 0 Å². The topological polar surface area (TPSA) is 46.5 Å². The zero-order chi connectivity index (χ0) is 17.0. The van der Waals surface area contributed by atoms with Gasteiger partial charge in [0.1, 0.15) is 0 Å². The van der Waals surface area contributed by atoms with Gasteiger partial charge in [-0.1, -0.05) is 26.8 Å². The van der Waals surface area contributed by atoms with Crippen molar-refractivity contribution < 1.29 is 14.6 Å². The molecule has 3 rings (SSSR count). The lowest BCUT2D eigenvalue weighted by molar-refractivity contribution is -0.135. The normalized spacial score (nSPS) is 25.8. The number of carbonyl (C=O) groups is 1. The minimum atomic E-state index is -0.335. The Morgan fingerprint density at radius 3 is 2.57 bits per heavy atom. The summed E-state index contributed by atoms with van der Waals surface area (Å²) < 4.78 is 5.59. The van der Waals surface area contributed by atoms with E-state index in [2.05, 4.69) is 27.4 Å². The Labute approximate surface area is 138 Å². The number of ether oxygens (including phenoxy) is 1. The molecule has 1 aromatic rings. The Hall–Kier alpha value is -1.77. The van der Waals surface area contributed by atoms with Gasteiger partial charge in [0, 0.05) is 11.1 Å². The number of allylic oxidation sites excluding steroid dienone is 1. The molecular weight excluding hydrogens is 288 g/mol. The third-order valence-corrected chi connectivity index (χ3v) is 5.68. The molecule has 0 spiro atoms. The van der Waals surface area contributed by atoms with Crippen LogP contribution in [0.4, 0.5) is 0 Å². The molecule has 1 heterocycles. The fourth-order valence-electron chi connectivity index (χ4n) is 4.23. The van der Waals surface area contributed by atoms with Gasteiger partial charge in [0.2, 0.25) is 0 Å². The van der Waals surface area contributed by atoms with Gasteiger partial charge in [-0.2, -0.15) is 0 Å². The van der Waals surface area contributed by atoms with Crippen LogP contribution in [-0.2, 0) is 23.1 Å². The van der Waals surface area contributed by atoms with E-state index in [0.29, 0.717) is 12.2 Å². The fourth-order valence-corrected chi connectivity index (χ4v) is 4.23. The van der Waals surface area contributed by atoms with E-state index < -0.39 is 0 Å². The molecule has 2 aliphatic rings. The fraction of sp³-hybridized carbons (Fsp3) is 0.550. The molecule has 0 unspecified atom stereocenters. The van der Waals surface area contributed by atoms with Crippen LogP contribution >= 0.6 is 0 Å². The average molecular weight is 314 g/mol. The molecule has 0 saturated heterocycles. The summed E-state index contributed by atoms with van der Waals surface area (Å²) >= 11 is 0. The van der Waals surface area contributed by atoms with Crippen LogP contribution < -0.4 is 4.74 Å². The molecule has 0 fully saturated rings. The molecule has 124 valence electrons. The molecule has 1 atom stereocenters. The van der Waals surface area contributed by atoms with Gasteiger partial charge >= 0.3 is 5.97 Å². The van der Waals surface area contributed by atoms with Crippen molar-refractivity contribution in [3.63, 3.8) is 0 Å². The predicted molar refractivity (Wildman–Crippen MR) is 91.1 cm³/mol. The molecule has 23 heavy (non-hydrogen) atoms. The molecule has 0 aromatic heterocycles. The Bertz CT molecular complexity index is 700. The van der Waals surface area contributed by atoms with Gasteiger partial charge < -0.3 is 9.84 Å². The quantitative estimate of drug-likeness (QED) is 0.476. The van der Waals surface area contributed by atoms with Crippen LogP contribution in [0, 0.1) is 12.3 Å². The van der Waals surface area contributed by atoms with Gasteiger partial charge in [-0.15, -0.1) is 6.58 Å². The summed E-state index contributed by atoms with van der Waals surface area (Å²) in [6.45, 7) is 12.3. The predicted octanol–water partition coefficient (Wildman–Crippen LogP) is 4.36. The second-order valence-corrected chi connectivity index (χ2v) is 8.06. The van der Waals surface area contributed by atoms with E-state index in [9.17, 15) is 9.90 Å². The summed E-state index contributed by atoms with van der Waals surface area (Å²) in [6, 6.07) is 0. The summed E-state index contributed by atoms with van der Waals surface area (Å²) in [7, 11) is 0. The first kappa shape index (κ1) is 16.1. The van der Waals surface area contributed by atoms with E-state index >= 15 is 0 Å². The van der Waals surface area contributed by atoms with Crippen LogP contribution in [0.5, 0.6) is 11.5 Å². The minimum Gasteiger partial charge on any atom is -0.504 e. The molecule has 0 amide bonds. The summed E-state index contributed by atoms with van der Waals surface area (Å²) in [5, 5.41) is 10.9. The smallest absolute Gasteiger partial charge is 0.312 e. The highest BCUT2D eigenvalue weighted by atomic mass is 16.5. The minimum absolute atomic E-state index is 0.0993. The van der Waals surface area contributed by atoms with Crippen molar-refractivity contribution in [2.75, 3.05) is 0 Å². The first-order chi connectivity index (χ1) is 10.7. The van der Waals surface area contributed by atoms with Gasteiger partial charge in [0.15, 0.2) is 11.5 Å².